The highest BCUT2D eigenvalue weighted by atomic mass is 16.5. The Kier molecular flexibility index (Phi) is 4.08. The van der Waals surface area contributed by atoms with Gasteiger partial charge in [-0.3, -0.25) is 4.79 Å². The Hall–Kier alpha value is -2.30. The lowest BCUT2D eigenvalue weighted by atomic mass is 10.3. The molecule has 0 fully saturated rings. The zero-order valence-corrected chi connectivity index (χ0v) is 8.60. The van der Waals surface area contributed by atoms with E-state index in [1.807, 2.05) is 0 Å². The van der Waals surface area contributed by atoms with Gasteiger partial charge in [-0.25, -0.2) is 0 Å². The van der Waals surface area contributed by atoms with Crippen LogP contribution in [0.15, 0.2) is 36.4 Å². The number of amides is 1. The summed E-state index contributed by atoms with van der Waals surface area (Å²) in [5.41, 5.74) is 0.521. The fourth-order valence-corrected chi connectivity index (χ4v) is 1.03. The van der Waals surface area contributed by atoms with Crippen LogP contribution in [0.2, 0.25) is 0 Å². The molecule has 0 aromatic heterocycles. The number of ether oxygens (including phenoxy) is 1. The first kappa shape index (κ1) is 11.8. The molecule has 0 bridgehead atoms. The first-order valence-corrected chi connectivity index (χ1v) is 4.46. The third-order valence-corrected chi connectivity index (χ3v) is 1.71. The second-order valence-electron chi connectivity index (χ2n) is 2.87. The molecule has 0 aliphatic rings. The zero-order chi connectivity index (χ0) is 12.0. The number of carbonyl (C=O) groups excluding carboxylic acids is 2. The minimum Gasteiger partial charge on any atom is -0.545 e. The quantitative estimate of drug-likeness (QED) is 0.721. The van der Waals surface area contributed by atoms with E-state index in [4.69, 9.17) is 4.74 Å². The number of carboxylic acid groups (broad SMARTS) is 1. The average Bonchev–Trinajstić information content (AvgIpc) is 2.26. The molecule has 0 aliphatic heterocycles. The fourth-order valence-electron chi connectivity index (χ4n) is 1.03. The summed E-state index contributed by atoms with van der Waals surface area (Å²) in [5, 5.41) is 12.5. The van der Waals surface area contributed by atoms with E-state index in [-0.39, 0.29) is 0 Å². The molecule has 1 amide bonds. The third kappa shape index (κ3) is 3.83. The summed E-state index contributed by atoms with van der Waals surface area (Å²) >= 11 is 0. The van der Waals surface area contributed by atoms with Crippen molar-refractivity contribution in [2.45, 2.75) is 0 Å². The van der Waals surface area contributed by atoms with Crippen molar-refractivity contribution in [1.82, 2.24) is 0 Å². The van der Waals surface area contributed by atoms with E-state index >= 15 is 0 Å². The number of aliphatic carboxylic acids is 1. The van der Waals surface area contributed by atoms with Crippen molar-refractivity contribution in [3.63, 3.8) is 0 Å². The molecule has 5 nitrogen and oxygen atoms in total. The molecule has 0 radical (unpaired) electrons. The molecule has 16 heavy (non-hydrogen) atoms. The summed E-state index contributed by atoms with van der Waals surface area (Å²) < 4.78 is 4.96. The molecule has 5 heteroatoms. The van der Waals surface area contributed by atoms with Crippen molar-refractivity contribution in [3.8, 4) is 5.75 Å². The molecule has 0 atom stereocenters. The van der Waals surface area contributed by atoms with Crippen molar-refractivity contribution in [2.24, 2.45) is 0 Å². The van der Waals surface area contributed by atoms with Crippen LogP contribution in [0.5, 0.6) is 5.75 Å². The largest absolute Gasteiger partial charge is 0.545 e. The maximum Gasteiger partial charge on any atom is 0.248 e. The lowest BCUT2D eigenvalue weighted by Gasteiger charge is -2.04. The van der Waals surface area contributed by atoms with E-state index in [0.717, 1.165) is 6.08 Å². The number of rotatable bonds is 4. The predicted octanol–water partition coefficient (Wildman–Crippen LogP) is -0.0602. The summed E-state index contributed by atoms with van der Waals surface area (Å²) in [6, 6.07) is 6.71. The summed E-state index contributed by atoms with van der Waals surface area (Å²) in [7, 11) is 1.51. The van der Waals surface area contributed by atoms with Gasteiger partial charge in [0.05, 0.1) is 13.1 Å². The van der Waals surface area contributed by atoms with Gasteiger partial charge in [0.1, 0.15) is 5.75 Å². The van der Waals surface area contributed by atoms with Crippen molar-refractivity contribution in [3.05, 3.63) is 36.4 Å². The topological polar surface area (TPSA) is 78.5 Å². The van der Waals surface area contributed by atoms with Crippen molar-refractivity contribution in [2.75, 3.05) is 12.4 Å². The average molecular weight is 220 g/mol. The van der Waals surface area contributed by atoms with E-state index in [1.165, 1.54) is 7.11 Å². The SMILES string of the molecule is COc1cccc(NC(=O)/C=C/C(=O)[O-])c1. The number of anilines is 1. The van der Waals surface area contributed by atoms with Crippen molar-refractivity contribution >= 4 is 17.6 Å². The number of hydrogen-bond acceptors (Lipinski definition) is 4. The van der Waals surface area contributed by atoms with Crippen molar-refractivity contribution in [1.29, 1.82) is 0 Å². The van der Waals surface area contributed by atoms with Gasteiger partial charge in [-0.2, -0.15) is 0 Å². The molecule has 1 aromatic rings. The van der Waals surface area contributed by atoms with Crippen LogP contribution in [0, 0.1) is 0 Å². The molecule has 1 N–H and O–H groups in total. The summed E-state index contributed by atoms with van der Waals surface area (Å²) in [5.74, 6) is -1.36. The minimum atomic E-state index is -1.42. The predicted molar refractivity (Wildman–Crippen MR) is 55.8 cm³/mol. The molecule has 0 aliphatic carbocycles. The maximum absolute atomic E-state index is 11.2. The minimum absolute atomic E-state index is 0.521. The van der Waals surface area contributed by atoms with E-state index in [1.54, 1.807) is 24.3 Å². The van der Waals surface area contributed by atoms with Crippen LogP contribution < -0.4 is 15.2 Å². The van der Waals surface area contributed by atoms with Crippen LogP contribution in [0.25, 0.3) is 0 Å². The van der Waals surface area contributed by atoms with Gasteiger partial charge in [0.25, 0.3) is 0 Å². The summed E-state index contributed by atoms with van der Waals surface area (Å²) in [6.07, 6.45) is 1.55. The Labute approximate surface area is 92.3 Å². The van der Waals surface area contributed by atoms with Gasteiger partial charge in [-0.15, -0.1) is 0 Å². The standard InChI is InChI=1S/C11H11NO4/c1-16-9-4-2-3-8(7-9)12-10(13)5-6-11(14)15/h2-7H,1H3,(H,12,13)(H,14,15)/p-1/b6-5+. The highest BCUT2D eigenvalue weighted by Crippen LogP contribution is 2.16. The van der Waals surface area contributed by atoms with Gasteiger partial charge in [0.2, 0.25) is 5.91 Å². The Morgan fingerprint density at radius 2 is 2.12 bits per heavy atom. The Balaban J connectivity index is 2.65. The molecule has 0 saturated heterocycles. The van der Waals surface area contributed by atoms with E-state index in [2.05, 4.69) is 5.32 Å². The van der Waals surface area contributed by atoms with Crippen LogP contribution in [-0.2, 0) is 9.59 Å². The Morgan fingerprint density at radius 3 is 2.75 bits per heavy atom. The first-order valence-electron chi connectivity index (χ1n) is 4.46. The van der Waals surface area contributed by atoms with Crippen LogP contribution in [-0.4, -0.2) is 19.0 Å². The van der Waals surface area contributed by atoms with E-state index in [9.17, 15) is 14.7 Å². The summed E-state index contributed by atoms with van der Waals surface area (Å²) in [6.45, 7) is 0. The Morgan fingerprint density at radius 1 is 1.38 bits per heavy atom. The van der Waals surface area contributed by atoms with E-state index < -0.39 is 11.9 Å². The lowest BCUT2D eigenvalue weighted by molar-refractivity contribution is -0.297. The second kappa shape index (κ2) is 5.55. The van der Waals surface area contributed by atoms with Crippen molar-refractivity contribution < 1.29 is 19.4 Å². The number of benzene rings is 1. The van der Waals surface area contributed by atoms with E-state index in [0.29, 0.717) is 17.5 Å². The van der Waals surface area contributed by atoms with Gasteiger partial charge in [-0.05, 0) is 18.2 Å². The fraction of sp³-hybridized carbons (Fsp3) is 0.0909. The number of nitrogens with one attached hydrogen (secondary N) is 1. The smallest absolute Gasteiger partial charge is 0.248 e. The number of carbonyl (C=O) groups is 2. The summed E-state index contributed by atoms with van der Waals surface area (Å²) in [4.78, 5) is 21.2. The first-order chi connectivity index (χ1) is 7.61. The molecule has 0 heterocycles. The zero-order valence-electron chi connectivity index (χ0n) is 8.60. The monoisotopic (exact) mass is 220 g/mol. The molecule has 1 aromatic carbocycles. The molecular formula is C11H10NO4-. The lowest BCUT2D eigenvalue weighted by Crippen LogP contribution is -2.20. The molecule has 1 rings (SSSR count). The molecule has 0 saturated carbocycles. The van der Waals surface area contributed by atoms with Gasteiger partial charge in [0, 0.05) is 17.8 Å². The maximum atomic E-state index is 11.2. The van der Waals surface area contributed by atoms with Crippen LogP contribution >= 0.6 is 0 Å². The molecular weight excluding hydrogens is 210 g/mol. The highest BCUT2D eigenvalue weighted by molar-refractivity contribution is 6.02. The van der Waals surface area contributed by atoms with Crippen LogP contribution in [0.3, 0.4) is 0 Å². The van der Waals surface area contributed by atoms with Crippen LogP contribution in [0.4, 0.5) is 5.69 Å². The Bertz CT molecular complexity index is 426. The van der Waals surface area contributed by atoms with Crippen LogP contribution in [0.1, 0.15) is 0 Å². The van der Waals surface area contributed by atoms with Gasteiger partial charge < -0.3 is 20.0 Å². The highest BCUT2D eigenvalue weighted by Gasteiger charge is 1.98. The van der Waals surface area contributed by atoms with Gasteiger partial charge >= 0.3 is 0 Å². The van der Waals surface area contributed by atoms with Gasteiger partial charge in [0.15, 0.2) is 0 Å². The normalized spacial score (nSPS) is 10.1. The number of hydrogen-bond donors (Lipinski definition) is 1. The molecule has 84 valence electrons. The molecule has 0 spiro atoms. The number of methoxy groups -OCH3 is 1. The van der Waals surface area contributed by atoms with Gasteiger partial charge in [-0.1, -0.05) is 6.07 Å². The number of carboxylic acids is 1. The molecule has 0 unspecified atom stereocenters. The third-order valence-electron chi connectivity index (χ3n) is 1.71. The second-order valence-corrected chi connectivity index (χ2v) is 2.87.